The lowest BCUT2D eigenvalue weighted by Gasteiger charge is -2.13. The van der Waals surface area contributed by atoms with E-state index in [1.165, 1.54) is 53.5 Å². The second kappa shape index (κ2) is 5.55. The van der Waals surface area contributed by atoms with Crippen molar-refractivity contribution in [3.63, 3.8) is 0 Å². The monoisotopic (exact) mass is 245 g/mol. The summed E-state index contributed by atoms with van der Waals surface area (Å²) in [6.07, 6.45) is 7.60. The van der Waals surface area contributed by atoms with Gasteiger partial charge in [-0.1, -0.05) is 19.9 Å². The van der Waals surface area contributed by atoms with Crippen LogP contribution in [-0.2, 0) is 36.9 Å². The summed E-state index contributed by atoms with van der Waals surface area (Å²) >= 11 is 0. The van der Waals surface area contributed by atoms with Crippen molar-refractivity contribution in [2.45, 2.75) is 58.8 Å². The zero-order valence-corrected chi connectivity index (χ0v) is 11.5. The van der Waals surface area contributed by atoms with Crippen molar-refractivity contribution >= 4 is 5.91 Å². The normalized spacial score (nSPS) is 15.7. The zero-order valence-electron chi connectivity index (χ0n) is 11.5. The molecule has 0 spiro atoms. The lowest BCUT2D eigenvalue weighted by atomic mass is 9.92. The van der Waals surface area contributed by atoms with Gasteiger partial charge in [0, 0.05) is 0 Å². The van der Waals surface area contributed by atoms with Crippen LogP contribution in [0.4, 0.5) is 0 Å². The number of hydrogen-bond donors (Lipinski definition) is 1. The fourth-order valence-electron chi connectivity index (χ4n) is 3.32. The Hall–Kier alpha value is -1.31. The molecule has 2 N–H and O–H groups in total. The van der Waals surface area contributed by atoms with Crippen LogP contribution in [0.25, 0.3) is 0 Å². The van der Waals surface area contributed by atoms with E-state index in [1.807, 2.05) is 13.8 Å². The zero-order chi connectivity index (χ0) is 13.1. The smallest absolute Gasteiger partial charge is 0.221 e. The molecule has 1 aromatic rings. The van der Waals surface area contributed by atoms with Gasteiger partial charge in [0.15, 0.2) is 0 Å². The topological polar surface area (TPSA) is 43.1 Å². The molecule has 0 unspecified atom stereocenters. The summed E-state index contributed by atoms with van der Waals surface area (Å²) in [5.74, 6) is -0.186. The molecule has 0 bridgehead atoms. The van der Waals surface area contributed by atoms with E-state index in [2.05, 4.69) is 6.07 Å². The van der Waals surface area contributed by atoms with Crippen molar-refractivity contribution in [3.8, 4) is 0 Å². The Labute approximate surface area is 110 Å². The minimum absolute atomic E-state index is 0.186. The van der Waals surface area contributed by atoms with Crippen molar-refractivity contribution in [1.82, 2.24) is 0 Å². The van der Waals surface area contributed by atoms with Crippen LogP contribution in [0.3, 0.4) is 0 Å². The highest BCUT2D eigenvalue weighted by Crippen LogP contribution is 2.35. The molecule has 0 fully saturated rings. The van der Waals surface area contributed by atoms with Crippen molar-refractivity contribution in [2.24, 2.45) is 5.73 Å². The van der Waals surface area contributed by atoms with Gasteiger partial charge in [0.05, 0.1) is 6.42 Å². The molecule has 18 heavy (non-hydrogen) atoms. The molecule has 0 radical (unpaired) electrons. The molecule has 2 nitrogen and oxygen atoms in total. The van der Waals surface area contributed by atoms with E-state index in [4.69, 9.17) is 5.73 Å². The number of primary amides is 1. The second-order valence-corrected chi connectivity index (χ2v) is 4.98. The minimum atomic E-state index is -0.186. The Balaban J connectivity index is 0.000000574. The number of rotatable bonds is 2. The van der Waals surface area contributed by atoms with E-state index in [-0.39, 0.29) is 5.91 Å². The summed E-state index contributed by atoms with van der Waals surface area (Å²) in [5, 5.41) is 0. The summed E-state index contributed by atoms with van der Waals surface area (Å²) in [4.78, 5) is 11.2. The molecule has 98 valence electrons. The maximum Gasteiger partial charge on any atom is 0.221 e. The van der Waals surface area contributed by atoms with Crippen LogP contribution in [0.15, 0.2) is 6.07 Å². The van der Waals surface area contributed by atoms with Crippen molar-refractivity contribution in [2.75, 3.05) is 0 Å². The van der Waals surface area contributed by atoms with E-state index < -0.39 is 0 Å². The molecule has 0 aliphatic heterocycles. The van der Waals surface area contributed by atoms with Crippen LogP contribution < -0.4 is 5.73 Å². The van der Waals surface area contributed by atoms with Gasteiger partial charge in [0.2, 0.25) is 5.91 Å². The Kier molecular flexibility index (Phi) is 4.05. The molecule has 1 amide bonds. The predicted molar refractivity (Wildman–Crippen MR) is 74.7 cm³/mol. The lowest BCUT2D eigenvalue weighted by Crippen LogP contribution is -2.16. The molecule has 2 aliphatic rings. The molecule has 1 aromatic carbocycles. The number of fused-ring (bicyclic) bond motifs is 2. The quantitative estimate of drug-likeness (QED) is 0.855. The first-order valence-corrected chi connectivity index (χ1v) is 7.19. The van der Waals surface area contributed by atoms with Gasteiger partial charge in [0.1, 0.15) is 0 Å². The molecule has 0 saturated carbocycles. The van der Waals surface area contributed by atoms with Crippen LogP contribution in [0.1, 0.15) is 54.5 Å². The van der Waals surface area contributed by atoms with E-state index in [0.29, 0.717) is 6.42 Å². The second-order valence-electron chi connectivity index (χ2n) is 4.98. The number of carbonyl (C=O) groups is 1. The van der Waals surface area contributed by atoms with E-state index in [9.17, 15) is 4.79 Å². The van der Waals surface area contributed by atoms with Crippen LogP contribution in [0, 0.1) is 0 Å². The number of aryl methyl sites for hydroxylation is 2. The van der Waals surface area contributed by atoms with Gasteiger partial charge >= 0.3 is 0 Å². The number of carbonyl (C=O) groups excluding carboxylic acids is 1. The summed E-state index contributed by atoms with van der Waals surface area (Å²) in [7, 11) is 0. The molecule has 3 rings (SSSR count). The highest BCUT2D eigenvalue weighted by molar-refractivity contribution is 5.78. The molecule has 2 aliphatic carbocycles. The van der Waals surface area contributed by atoms with Gasteiger partial charge < -0.3 is 5.73 Å². The summed E-state index contributed by atoms with van der Waals surface area (Å²) < 4.78 is 0. The minimum Gasteiger partial charge on any atom is -0.369 e. The highest BCUT2D eigenvalue weighted by Gasteiger charge is 2.24. The van der Waals surface area contributed by atoms with E-state index in [1.54, 1.807) is 0 Å². The van der Waals surface area contributed by atoms with Crippen LogP contribution in [-0.4, -0.2) is 5.91 Å². The number of amides is 1. The average molecular weight is 245 g/mol. The fourth-order valence-corrected chi connectivity index (χ4v) is 3.32. The molecule has 0 saturated heterocycles. The van der Waals surface area contributed by atoms with Crippen LogP contribution in [0.5, 0.6) is 0 Å². The van der Waals surface area contributed by atoms with Gasteiger partial charge in [-0.25, -0.2) is 0 Å². The van der Waals surface area contributed by atoms with Crippen LogP contribution >= 0.6 is 0 Å². The van der Waals surface area contributed by atoms with Gasteiger partial charge in [0.25, 0.3) is 0 Å². The molecule has 0 atom stereocenters. The van der Waals surface area contributed by atoms with Gasteiger partial charge in [-0.05, 0) is 66.3 Å². The fraction of sp³-hybridized carbons (Fsp3) is 0.562. The van der Waals surface area contributed by atoms with E-state index in [0.717, 1.165) is 12.8 Å². The average Bonchev–Trinajstić information content (AvgIpc) is 2.98. The van der Waals surface area contributed by atoms with Crippen LogP contribution in [0.2, 0.25) is 0 Å². The third-order valence-corrected chi connectivity index (χ3v) is 3.95. The molecule has 2 heteroatoms. The summed E-state index contributed by atoms with van der Waals surface area (Å²) in [5.41, 5.74) is 12.5. The maximum absolute atomic E-state index is 11.2. The van der Waals surface area contributed by atoms with Crippen molar-refractivity contribution in [3.05, 3.63) is 33.9 Å². The van der Waals surface area contributed by atoms with E-state index >= 15 is 0 Å². The number of benzene rings is 1. The summed E-state index contributed by atoms with van der Waals surface area (Å²) in [6, 6.07) is 2.38. The van der Waals surface area contributed by atoms with Gasteiger partial charge in [-0.15, -0.1) is 0 Å². The first-order valence-electron chi connectivity index (χ1n) is 7.19. The molecule has 0 aromatic heterocycles. The Morgan fingerprint density at radius 2 is 1.56 bits per heavy atom. The first-order chi connectivity index (χ1) is 8.75. The molecular weight excluding hydrogens is 222 g/mol. The Morgan fingerprint density at radius 3 is 2.00 bits per heavy atom. The molecular formula is C16H23NO. The predicted octanol–water partition coefficient (Wildman–Crippen LogP) is 2.72. The van der Waals surface area contributed by atoms with Crippen molar-refractivity contribution < 1.29 is 4.79 Å². The number of hydrogen-bond acceptors (Lipinski definition) is 1. The SMILES string of the molecule is CC.NC(=O)Cc1c2c(cc3c1CCC3)CCC2. The summed E-state index contributed by atoms with van der Waals surface area (Å²) in [6.45, 7) is 4.00. The highest BCUT2D eigenvalue weighted by atomic mass is 16.1. The Bertz CT molecular complexity index is 430. The Morgan fingerprint density at radius 1 is 1.06 bits per heavy atom. The third-order valence-electron chi connectivity index (χ3n) is 3.95. The van der Waals surface area contributed by atoms with Gasteiger partial charge in [-0.3, -0.25) is 4.79 Å². The largest absolute Gasteiger partial charge is 0.369 e. The third kappa shape index (κ3) is 2.29. The van der Waals surface area contributed by atoms with Crippen molar-refractivity contribution in [1.29, 1.82) is 0 Å². The van der Waals surface area contributed by atoms with Gasteiger partial charge in [-0.2, -0.15) is 0 Å². The maximum atomic E-state index is 11.2. The standard InChI is InChI=1S/C14H17NO.C2H6/c15-14(16)8-13-11-5-1-3-9(11)7-10-4-2-6-12(10)13;1-2/h7H,1-6,8H2,(H2,15,16);1-2H3. The lowest BCUT2D eigenvalue weighted by molar-refractivity contribution is -0.117. The first kappa shape index (κ1) is 13.1. The molecule has 0 heterocycles. The number of nitrogens with two attached hydrogens (primary N) is 1.